The monoisotopic (exact) mass is 367 g/mol. The maximum Gasteiger partial charge on any atom is 0.413 e. The number of nitrogens with one attached hydrogen (secondary N) is 1. The summed E-state index contributed by atoms with van der Waals surface area (Å²) in [6.45, 7) is 2.28. The van der Waals surface area contributed by atoms with E-state index in [1.165, 1.54) is 0 Å². The lowest BCUT2D eigenvalue weighted by molar-refractivity contribution is 0.155. The van der Waals surface area contributed by atoms with E-state index < -0.39 is 11.9 Å². The Labute approximate surface area is 156 Å². The average molecular weight is 367 g/mol. The molecule has 0 fully saturated rings. The van der Waals surface area contributed by atoms with E-state index >= 15 is 0 Å². The predicted molar refractivity (Wildman–Crippen MR) is 97.8 cm³/mol. The van der Waals surface area contributed by atoms with E-state index in [-0.39, 0.29) is 25.0 Å². The van der Waals surface area contributed by atoms with E-state index in [2.05, 4.69) is 15.3 Å². The molecule has 138 valence electrons. The summed E-state index contributed by atoms with van der Waals surface area (Å²) in [6.07, 6.45) is 0.116. The van der Waals surface area contributed by atoms with Gasteiger partial charge in [-0.1, -0.05) is 60.2 Å². The molecule has 1 heterocycles. The summed E-state index contributed by atoms with van der Waals surface area (Å²) in [5, 5.41) is 2.26. The molecular weight excluding hydrogens is 349 g/mol. The second kappa shape index (κ2) is 8.75. The van der Waals surface area contributed by atoms with Crippen molar-refractivity contribution in [2.75, 3.05) is 5.32 Å². The molecule has 2 aromatic carbocycles. The first kappa shape index (κ1) is 18.3. The van der Waals surface area contributed by atoms with Crippen molar-refractivity contribution in [1.29, 1.82) is 0 Å². The van der Waals surface area contributed by atoms with Gasteiger partial charge in [-0.3, -0.25) is 5.32 Å². The molecular formula is C20H18FN3O3. The number of halogens is 1. The molecule has 0 spiro atoms. The molecule has 0 aliphatic heterocycles. The Morgan fingerprint density at radius 2 is 1.74 bits per heavy atom. The van der Waals surface area contributed by atoms with Crippen molar-refractivity contribution in [1.82, 2.24) is 9.97 Å². The molecule has 0 radical (unpaired) electrons. The summed E-state index contributed by atoms with van der Waals surface area (Å²) in [5.74, 6) is -1.09. The van der Waals surface area contributed by atoms with Crippen LogP contribution in [-0.2, 0) is 18.0 Å². The van der Waals surface area contributed by atoms with Crippen molar-refractivity contribution < 1.29 is 18.7 Å². The molecule has 1 N–H and O–H groups in total. The molecule has 3 rings (SSSR count). The minimum atomic E-state index is -0.819. The maximum absolute atomic E-state index is 13.9. The molecule has 0 unspecified atom stereocenters. The van der Waals surface area contributed by atoms with Gasteiger partial charge in [0.25, 0.3) is 0 Å². The van der Waals surface area contributed by atoms with Crippen molar-refractivity contribution >= 4 is 11.9 Å². The molecule has 6 nitrogen and oxygen atoms in total. The van der Waals surface area contributed by atoms with Gasteiger partial charge in [-0.05, 0) is 18.1 Å². The smallest absolute Gasteiger partial charge is 0.413 e. The average Bonchev–Trinajstić information content (AvgIpc) is 2.69. The fourth-order valence-corrected chi connectivity index (χ4v) is 2.20. The Hall–Kier alpha value is -3.48. The summed E-state index contributed by atoms with van der Waals surface area (Å²) < 4.78 is 24.4. The standard InChI is InChI=1S/C20H18FN3O3/c1-14-7-9-16(10-8-14)12-26-19-22-11-17(21)18(23-19)24-20(25)27-13-15-5-3-2-4-6-15/h2-11H,12-13H2,1H3,(H,22,23,24,25). The van der Waals surface area contributed by atoms with Gasteiger partial charge in [0, 0.05) is 0 Å². The fourth-order valence-electron chi connectivity index (χ4n) is 2.20. The van der Waals surface area contributed by atoms with E-state index in [9.17, 15) is 9.18 Å². The van der Waals surface area contributed by atoms with Gasteiger partial charge in [0.1, 0.15) is 13.2 Å². The number of anilines is 1. The van der Waals surface area contributed by atoms with Crippen LogP contribution in [0.5, 0.6) is 6.01 Å². The highest BCUT2D eigenvalue weighted by atomic mass is 19.1. The van der Waals surface area contributed by atoms with E-state index in [1.54, 1.807) is 0 Å². The molecule has 1 amide bonds. The number of aryl methyl sites for hydroxylation is 1. The fraction of sp³-hybridized carbons (Fsp3) is 0.150. The van der Waals surface area contributed by atoms with Crippen LogP contribution in [0.15, 0.2) is 60.8 Å². The highest BCUT2D eigenvalue weighted by Gasteiger charge is 2.12. The van der Waals surface area contributed by atoms with Gasteiger partial charge >= 0.3 is 12.1 Å². The lowest BCUT2D eigenvalue weighted by Crippen LogP contribution is -2.16. The maximum atomic E-state index is 13.9. The molecule has 27 heavy (non-hydrogen) atoms. The molecule has 0 atom stereocenters. The molecule has 0 saturated heterocycles. The highest BCUT2D eigenvalue weighted by molar-refractivity contribution is 5.83. The molecule has 0 aliphatic carbocycles. The summed E-state index contributed by atoms with van der Waals surface area (Å²) in [7, 11) is 0. The van der Waals surface area contributed by atoms with Crippen molar-refractivity contribution in [3.8, 4) is 6.01 Å². The zero-order valence-corrected chi connectivity index (χ0v) is 14.7. The summed E-state index contributed by atoms with van der Waals surface area (Å²) in [5.41, 5.74) is 2.88. The van der Waals surface area contributed by atoms with Crippen molar-refractivity contribution in [2.45, 2.75) is 20.1 Å². The largest absolute Gasteiger partial charge is 0.459 e. The highest BCUT2D eigenvalue weighted by Crippen LogP contribution is 2.15. The second-order valence-electron chi connectivity index (χ2n) is 5.81. The lowest BCUT2D eigenvalue weighted by Gasteiger charge is -2.09. The predicted octanol–water partition coefficient (Wildman–Crippen LogP) is 4.25. The Bertz CT molecular complexity index is 902. The summed E-state index contributed by atoms with van der Waals surface area (Å²) in [4.78, 5) is 19.5. The third-order valence-corrected chi connectivity index (χ3v) is 3.64. The van der Waals surface area contributed by atoms with Crippen LogP contribution in [0.1, 0.15) is 16.7 Å². The third-order valence-electron chi connectivity index (χ3n) is 3.64. The number of hydrogen-bond acceptors (Lipinski definition) is 5. The first-order valence-corrected chi connectivity index (χ1v) is 8.29. The molecule has 7 heteroatoms. The van der Waals surface area contributed by atoms with Crippen LogP contribution >= 0.6 is 0 Å². The normalized spacial score (nSPS) is 10.3. The number of carbonyl (C=O) groups is 1. The Kier molecular flexibility index (Phi) is 5.94. The van der Waals surface area contributed by atoms with Gasteiger partial charge in [0.05, 0.1) is 6.20 Å². The number of rotatable bonds is 6. The van der Waals surface area contributed by atoms with Gasteiger partial charge in [-0.25, -0.2) is 14.2 Å². The van der Waals surface area contributed by atoms with Crippen molar-refractivity contribution in [3.63, 3.8) is 0 Å². The number of aromatic nitrogens is 2. The number of amides is 1. The number of hydrogen-bond donors (Lipinski definition) is 1. The van der Waals surface area contributed by atoms with Gasteiger partial charge in [-0.2, -0.15) is 4.98 Å². The van der Waals surface area contributed by atoms with Crippen LogP contribution in [-0.4, -0.2) is 16.1 Å². The summed E-state index contributed by atoms with van der Waals surface area (Å²) >= 11 is 0. The quantitative estimate of drug-likeness (QED) is 0.705. The number of ether oxygens (including phenoxy) is 2. The number of carbonyl (C=O) groups excluding carboxylic acids is 1. The van der Waals surface area contributed by atoms with Gasteiger partial charge in [0.15, 0.2) is 11.6 Å². The topological polar surface area (TPSA) is 73.3 Å². The molecule has 0 aliphatic rings. The van der Waals surface area contributed by atoms with Crippen molar-refractivity contribution in [2.24, 2.45) is 0 Å². The van der Waals surface area contributed by atoms with Gasteiger partial charge < -0.3 is 9.47 Å². The van der Waals surface area contributed by atoms with E-state index in [4.69, 9.17) is 9.47 Å². The third kappa shape index (κ3) is 5.50. The van der Waals surface area contributed by atoms with Crippen LogP contribution in [0.25, 0.3) is 0 Å². The minimum Gasteiger partial charge on any atom is -0.459 e. The first-order valence-electron chi connectivity index (χ1n) is 8.29. The summed E-state index contributed by atoms with van der Waals surface area (Å²) in [6, 6.07) is 16.9. The van der Waals surface area contributed by atoms with Crippen LogP contribution < -0.4 is 10.1 Å². The van der Waals surface area contributed by atoms with Crippen LogP contribution in [0.2, 0.25) is 0 Å². The Morgan fingerprint density at radius 1 is 1.04 bits per heavy atom. The Balaban J connectivity index is 1.57. The van der Waals surface area contributed by atoms with Crippen LogP contribution in [0.3, 0.4) is 0 Å². The molecule has 3 aromatic rings. The van der Waals surface area contributed by atoms with E-state index in [0.717, 1.165) is 22.9 Å². The zero-order valence-electron chi connectivity index (χ0n) is 14.7. The van der Waals surface area contributed by atoms with Crippen molar-refractivity contribution in [3.05, 3.63) is 83.3 Å². The van der Waals surface area contributed by atoms with E-state index in [0.29, 0.717) is 0 Å². The molecule has 1 aromatic heterocycles. The SMILES string of the molecule is Cc1ccc(COc2ncc(F)c(NC(=O)OCc3ccccc3)n2)cc1. The van der Waals surface area contributed by atoms with Crippen LogP contribution in [0, 0.1) is 12.7 Å². The second-order valence-corrected chi connectivity index (χ2v) is 5.81. The van der Waals surface area contributed by atoms with Gasteiger partial charge in [-0.15, -0.1) is 0 Å². The zero-order chi connectivity index (χ0) is 19.1. The van der Waals surface area contributed by atoms with Crippen LogP contribution in [0.4, 0.5) is 15.0 Å². The number of nitrogens with zero attached hydrogens (tertiary/aromatic N) is 2. The minimum absolute atomic E-state index is 0.0460. The molecule has 0 saturated carbocycles. The van der Waals surface area contributed by atoms with Gasteiger partial charge in [0.2, 0.25) is 0 Å². The lowest BCUT2D eigenvalue weighted by atomic mass is 10.2. The number of benzene rings is 2. The van der Waals surface area contributed by atoms with E-state index in [1.807, 2.05) is 61.5 Å². The molecule has 0 bridgehead atoms. The Morgan fingerprint density at radius 3 is 2.48 bits per heavy atom. The first-order chi connectivity index (χ1) is 13.1.